The summed E-state index contributed by atoms with van der Waals surface area (Å²) in [6.07, 6.45) is 7.38. The Morgan fingerprint density at radius 3 is 2.12 bits per heavy atom. The quantitative estimate of drug-likeness (QED) is 0.512. The number of hydrogen-bond acceptors (Lipinski definition) is 5. The molecule has 0 saturated carbocycles. The first-order valence-electron chi connectivity index (χ1n) is 3.62. The maximum atomic E-state index is 8.49. The van der Waals surface area contributed by atoms with Gasteiger partial charge in [0.1, 0.15) is 0 Å². The van der Waals surface area contributed by atoms with Crippen LogP contribution < -0.4 is 23.7 Å². The van der Waals surface area contributed by atoms with Crippen molar-refractivity contribution >= 4 is 0 Å². The largest absolute Gasteiger partial charge is 0.412 e. The van der Waals surface area contributed by atoms with E-state index in [1.807, 2.05) is 18.6 Å². The van der Waals surface area contributed by atoms with Crippen LogP contribution in [0.5, 0.6) is 0 Å². The van der Waals surface area contributed by atoms with E-state index in [2.05, 4.69) is 20.4 Å². The van der Waals surface area contributed by atoms with Crippen LogP contribution >= 0.6 is 0 Å². The highest BCUT2D eigenvalue weighted by atomic mass is 35.7. The second kappa shape index (κ2) is 6.17. The van der Waals surface area contributed by atoms with Crippen molar-refractivity contribution in [1.29, 1.82) is 0 Å². The summed E-state index contributed by atoms with van der Waals surface area (Å²) in [7, 11) is -4.94. The highest BCUT2D eigenvalue weighted by Gasteiger charge is 2.00. The van der Waals surface area contributed by atoms with Gasteiger partial charge >= 0.3 is 0 Å². The lowest BCUT2D eigenvalue weighted by molar-refractivity contribution is -2.00. The third-order valence-electron chi connectivity index (χ3n) is 1.37. The van der Waals surface area contributed by atoms with Crippen molar-refractivity contribution in [2.45, 2.75) is 0 Å². The summed E-state index contributed by atoms with van der Waals surface area (Å²) < 4.78 is 34.0. The molecular formula is C6H9ClN4O5. The number of H-pyrrole nitrogens is 3. The van der Waals surface area contributed by atoms with Crippen LogP contribution in [0, 0.1) is 10.2 Å². The molecule has 0 fully saturated rings. The number of aromatic nitrogens is 4. The first-order valence-corrected chi connectivity index (χ1v) is 4.85. The molecule has 0 bridgehead atoms. The minimum Gasteiger partial charge on any atom is -0.412 e. The molecule has 0 aliphatic rings. The van der Waals surface area contributed by atoms with E-state index in [9.17, 15) is 0 Å². The maximum absolute atomic E-state index is 8.49. The van der Waals surface area contributed by atoms with Gasteiger partial charge in [0.15, 0.2) is 0 Å². The number of halogens is 1. The Morgan fingerprint density at radius 2 is 1.75 bits per heavy atom. The normalized spacial score (nSPS) is 10.0. The first-order chi connectivity index (χ1) is 6.97. The minimum atomic E-state index is -4.94. The van der Waals surface area contributed by atoms with Crippen molar-refractivity contribution in [3.05, 3.63) is 24.8 Å². The summed E-state index contributed by atoms with van der Waals surface area (Å²) in [5.74, 6) is 0. The van der Waals surface area contributed by atoms with Gasteiger partial charge in [-0.1, -0.05) is 0 Å². The first kappa shape index (κ1) is 14.5. The van der Waals surface area contributed by atoms with Gasteiger partial charge in [-0.2, -0.15) is 10.2 Å². The Labute approximate surface area is 91.4 Å². The van der Waals surface area contributed by atoms with Crippen molar-refractivity contribution in [1.82, 2.24) is 15.3 Å². The van der Waals surface area contributed by atoms with Crippen LogP contribution in [0.1, 0.15) is 0 Å². The molecule has 0 radical (unpaired) electrons. The van der Waals surface area contributed by atoms with Crippen molar-refractivity contribution in [2.75, 3.05) is 0 Å². The third kappa shape index (κ3) is 6.08. The van der Waals surface area contributed by atoms with E-state index < -0.39 is 10.2 Å². The summed E-state index contributed by atoms with van der Waals surface area (Å²) in [4.78, 5) is 0. The van der Waals surface area contributed by atoms with Crippen molar-refractivity contribution in [3.8, 4) is 11.1 Å². The van der Waals surface area contributed by atoms with Gasteiger partial charge in [0.25, 0.3) is 0 Å². The molecule has 90 valence electrons. The number of nitrogens with zero attached hydrogens (tertiary/aromatic N) is 1. The van der Waals surface area contributed by atoms with Gasteiger partial charge < -0.3 is 5.48 Å². The van der Waals surface area contributed by atoms with Gasteiger partial charge in [-0.05, 0) is 0 Å². The number of rotatable bonds is 1. The van der Waals surface area contributed by atoms with E-state index in [0.29, 0.717) is 0 Å². The fraction of sp³-hybridized carbons (Fsp3) is 0. The Hall–Kier alpha value is -1.49. The van der Waals surface area contributed by atoms with Crippen molar-refractivity contribution in [2.24, 2.45) is 0 Å². The van der Waals surface area contributed by atoms with E-state index in [1.165, 1.54) is 0 Å². The fourth-order valence-electron chi connectivity index (χ4n) is 0.856. The van der Waals surface area contributed by atoms with Gasteiger partial charge in [-0.3, -0.25) is 5.10 Å². The van der Waals surface area contributed by atoms with Crippen LogP contribution in [0.15, 0.2) is 24.8 Å². The lowest BCUT2D eigenvalue weighted by atomic mass is 10.2. The molecule has 0 spiro atoms. The molecule has 2 heterocycles. The zero-order chi connectivity index (χ0) is 11.3. The van der Waals surface area contributed by atoms with E-state index in [1.54, 1.807) is 6.20 Å². The molecule has 0 aliphatic heterocycles. The van der Waals surface area contributed by atoms with Gasteiger partial charge in [-0.15, -0.1) is 15.3 Å². The zero-order valence-electron chi connectivity index (χ0n) is 7.77. The fourth-order valence-corrected chi connectivity index (χ4v) is 0.856. The molecular weight excluding hydrogens is 244 g/mol. The second-order valence-electron chi connectivity index (χ2n) is 2.40. The third-order valence-corrected chi connectivity index (χ3v) is 1.37. The molecule has 5 N–H and O–H groups in total. The van der Waals surface area contributed by atoms with Gasteiger partial charge in [0.2, 0.25) is 6.20 Å². The highest BCUT2D eigenvalue weighted by molar-refractivity contribution is 5.58. The van der Waals surface area contributed by atoms with E-state index in [-0.39, 0.29) is 5.48 Å². The van der Waals surface area contributed by atoms with Crippen LogP contribution in [0.3, 0.4) is 0 Å². The Morgan fingerprint density at radius 1 is 1.12 bits per heavy atom. The Bertz CT molecular complexity index is 332. The average Bonchev–Trinajstić information content (AvgIpc) is 2.73. The molecule has 0 aromatic carbocycles. The molecule has 9 nitrogen and oxygen atoms in total. The zero-order valence-corrected chi connectivity index (χ0v) is 8.52. The lowest BCUT2D eigenvalue weighted by Gasteiger charge is -2.17. The highest BCUT2D eigenvalue weighted by Crippen LogP contribution is 2.12. The van der Waals surface area contributed by atoms with Gasteiger partial charge in [0.05, 0.1) is 18.0 Å². The lowest BCUT2D eigenvalue weighted by Crippen LogP contribution is -2.68. The smallest absolute Gasteiger partial charge is 0.200 e. The molecule has 10 heteroatoms. The van der Waals surface area contributed by atoms with Crippen LogP contribution in [0.4, 0.5) is 0 Å². The second-order valence-corrected chi connectivity index (χ2v) is 3.15. The molecule has 16 heavy (non-hydrogen) atoms. The maximum Gasteiger partial charge on any atom is 0.200 e. The topological polar surface area (TPSA) is 182 Å². The average molecular weight is 253 g/mol. The summed E-state index contributed by atoms with van der Waals surface area (Å²) >= 11 is 0. The predicted octanol–water partition coefficient (Wildman–Crippen LogP) is -5.36. The minimum absolute atomic E-state index is 0. The number of hydrogen-bond donors (Lipinski definition) is 2. The van der Waals surface area contributed by atoms with E-state index in [4.69, 9.17) is 18.6 Å². The van der Waals surface area contributed by atoms with Crippen LogP contribution in [-0.4, -0.2) is 20.8 Å². The SMILES string of the molecule is O.[O-][Cl+3]([O-])([O-])[O-].c1n[nH]cc1-c1c[nH][nH+]c1. The number of nitrogens with one attached hydrogen (secondary N) is 3. The van der Waals surface area contributed by atoms with Crippen LogP contribution in [0.2, 0.25) is 0 Å². The molecule has 2 rings (SSSR count). The Kier molecular flexibility index (Phi) is 5.60. The van der Waals surface area contributed by atoms with E-state index in [0.717, 1.165) is 11.1 Å². The molecule has 0 unspecified atom stereocenters. The Balaban J connectivity index is 0.000000330. The van der Waals surface area contributed by atoms with E-state index >= 15 is 0 Å². The van der Waals surface area contributed by atoms with Crippen molar-refractivity contribution in [3.63, 3.8) is 0 Å². The molecule has 0 saturated heterocycles. The molecule has 2 aromatic rings. The summed E-state index contributed by atoms with van der Waals surface area (Å²) in [5.41, 5.74) is 2.19. The predicted molar refractivity (Wildman–Crippen MR) is 38.5 cm³/mol. The standard InChI is InChI=1S/C6H6N4.ClHO4.H2O/c1-5(2-8-7-1)6-3-9-10-4-6;2-1(3,4)5;/h1-4H,(H,7,8)(H,9,10);(H,2,3,4,5);1H2. The monoisotopic (exact) mass is 252 g/mol. The molecule has 0 amide bonds. The van der Waals surface area contributed by atoms with Crippen molar-refractivity contribution < 1.29 is 39.5 Å². The van der Waals surface area contributed by atoms with Crippen LogP contribution in [0.25, 0.3) is 11.1 Å². The van der Waals surface area contributed by atoms with Gasteiger partial charge in [-0.25, -0.2) is 18.6 Å². The molecule has 0 atom stereocenters. The molecule has 2 aromatic heterocycles. The summed E-state index contributed by atoms with van der Waals surface area (Å²) in [5, 5.41) is 12.3. The van der Waals surface area contributed by atoms with Crippen LogP contribution in [-0.2, 0) is 0 Å². The number of aromatic amines is 3. The molecule has 0 aliphatic carbocycles. The van der Waals surface area contributed by atoms with Gasteiger partial charge in [0, 0.05) is 11.8 Å². The summed E-state index contributed by atoms with van der Waals surface area (Å²) in [6.45, 7) is 0. The summed E-state index contributed by atoms with van der Waals surface area (Å²) in [6, 6.07) is 0.